The number of aryl methyl sites for hydroxylation is 1. The summed E-state index contributed by atoms with van der Waals surface area (Å²) in [4.78, 5) is 4.34. The van der Waals surface area contributed by atoms with E-state index >= 15 is 0 Å². The summed E-state index contributed by atoms with van der Waals surface area (Å²) in [6.07, 6.45) is 4.95. The molecule has 0 spiro atoms. The Hall–Kier alpha value is -1.81. The second kappa shape index (κ2) is 6.21. The fourth-order valence-electron chi connectivity index (χ4n) is 1.86. The number of nitrogens with one attached hydrogen (secondary N) is 1. The van der Waals surface area contributed by atoms with Gasteiger partial charge in [0.05, 0.1) is 13.2 Å². The van der Waals surface area contributed by atoms with Crippen LogP contribution in [-0.4, -0.2) is 14.7 Å². The fourth-order valence-corrected chi connectivity index (χ4v) is 1.86. The average molecular weight is 245 g/mol. The maximum atomic E-state index is 8.97. The second-order valence-corrected chi connectivity index (χ2v) is 4.25. The lowest BCUT2D eigenvalue weighted by atomic mass is 10.2. The summed E-state index contributed by atoms with van der Waals surface area (Å²) in [6, 6.07) is 7.78. The van der Waals surface area contributed by atoms with Gasteiger partial charge in [-0.2, -0.15) is 0 Å². The van der Waals surface area contributed by atoms with E-state index in [1.54, 1.807) is 0 Å². The summed E-state index contributed by atoms with van der Waals surface area (Å²) < 4.78 is 2.16. The first-order valence-electron chi connectivity index (χ1n) is 6.27. The molecule has 96 valence electrons. The van der Waals surface area contributed by atoms with Crippen molar-refractivity contribution in [2.24, 2.45) is 0 Å². The molecule has 0 fully saturated rings. The van der Waals surface area contributed by atoms with E-state index in [2.05, 4.69) is 21.8 Å². The molecule has 1 aromatic carbocycles. The quantitative estimate of drug-likeness (QED) is 0.821. The van der Waals surface area contributed by atoms with Crippen molar-refractivity contribution < 1.29 is 5.11 Å². The van der Waals surface area contributed by atoms with Gasteiger partial charge in [-0.25, -0.2) is 4.98 Å². The van der Waals surface area contributed by atoms with E-state index in [1.807, 2.05) is 36.7 Å². The summed E-state index contributed by atoms with van der Waals surface area (Å²) in [6.45, 7) is 3.96. The number of aliphatic hydroxyl groups excluding tert-OH is 1. The van der Waals surface area contributed by atoms with Crippen LogP contribution in [0, 0.1) is 0 Å². The van der Waals surface area contributed by atoms with E-state index < -0.39 is 0 Å². The van der Waals surface area contributed by atoms with Gasteiger partial charge in [0, 0.05) is 24.6 Å². The Morgan fingerprint density at radius 3 is 2.72 bits per heavy atom. The molecule has 2 N–H and O–H groups in total. The van der Waals surface area contributed by atoms with E-state index in [4.69, 9.17) is 5.11 Å². The molecule has 0 radical (unpaired) electrons. The Morgan fingerprint density at radius 1 is 1.28 bits per heavy atom. The van der Waals surface area contributed by atoms with Crippen LogP contribution in [0.25, 0.3) is 0 Å². The largest absolute Gasteiger partial charge is 0.392 e. The van der Waals surface area contributed by atoms with Crippen molar-refractivity contribution in [1.82, 2.24) is 9.55 Å². The molecule has 0 saturated heterocycles. The molecule has 18 heavy (non-hydrogen) atoms. The SMILES string of the molecule is CCCn1ccnc1CNc1ccc(CO)cc1. The van der Waals surface area contributed by atoms with Crippen LogP contribution in [0.5, 0.6) is 0 Å². The van der Waals surface area contributed by atoms with Crippen LogP contribution in [0.1, 0.15) is 24.7 Å². The van der Waals surface area contributed by atoms with Crippen molar-refractivity contribution in [2.75, 3.05) is 5.32 Å². The number of anilines is 1. The molecule has 0 aliphatic carbocycles. The zero-order valence-corrected chi connectivity index (χ0v) is 10.6. The standard InChI is InChI=1S/C14H19N3O/c1-2-8-17-9-7-15-14(17)10-16-13-5-3-12(11-18)4-6-13/h3-7,9,16,18H,2,8,10-11H2,1H3. The normalized spacial score (nSPS) is 10.6. The minimum absolute atomic E-state index is 0.0845. The van der Waals surface area contributed by atoms with E-state index in [-0.39, 0.29) is 6.61 Å². The molecule has 4 heteroatoms. The number of aliphatic hydroxyl groups is 1. The minimum atomic E-state index is 0.0845. The third kappa shape index (κ3) is 3.11. The number of benzene rings is 1. The van der Waals surface area contributed by atoms with Crippen LogP contribution in [-0.2, 0) is 19.7 Å². The molecule has 2 aromatic rings. The average Bonchev–Trinajstić information content (AvgIpc) is 2.85. The maximum absolute atomic E-state index is 8.97. The smallest absolute Gasteiger partial charge is 0.128 e. The molecule has 0 unspecified atom stereocenters. The van der Waals surface area contributed by atoms with Gasteiger partial charge < -0.3 is 15.0 Å². The highest BCUT2D eigenvalue weighted by molar-refractivity contribution is 5.44. The first-order valence-corrected chi connectivity index (χ1v) is 6.27. The lowest BCUT2D eigenvalue weighted by Gasteiger charge is -2.09. The number of rotatable bonds is 6. The lowest BCUT2D eigenvalue weighted by Crippen LogP contribution is -2.08. The van der Waals surface area contributed by atoms with Gasteiger partial charge in [0.15, 0.2) is 0 Å². The van der Waals surface area contributed by atoms with Crippen LogP contribution in [0.15, 0.2) is 36.7 Å². The first kappa shape index (κ1) is 12.6. The zero-order valence-electron chi connectivity index (χ0n) is 10.6. The Morgan fingerprint density at radius 2 is 2.06 bits per heavy atom. The third-order valence-corrected chi connectivity index (χ3v) is 2.85. The van der Waals surface area contributed by atoms with Gasteiger partial charge in [-0.15, -0.1) is 0 Å². The molecule has 2 rings (SSSR count). The summed E-state index contributed by atoms with van der Waals surface area (Å²) >= 11 is 0. The first-order chi connectivity index (χ1) is 8.83. The van der Waals surface area contributed by atoms with Gasteiger partial charge in [-0.05, 0) is 24.1 Å². The van der Waals surface area contributed by atoms with E-state index in [9.17, 15) is 0 Å². The number of nitrogens with zero attached hydrogens (tertiary/aromatic N) is 2. The lowest BCUT2D eigenvalue weighted by molar-refractivity contribution is 0.282. The van der Waals surface area contributed by atoms with Crippen LogP contribution in [0.3, 0.4) is 0 Å². The highest BCUT2D eigenvalue weighted by atomic mass is 16.3. The van der Waals surface area contributed by atoms with Crippen molar-refractivity contribution in [3.05, 3.63) is 48.0 Å². The van der Waals surface area contributed by atoms with E-state index in [0.29, 0.717) is 6.54 Å². The van der Waals surface area contributed by atoms with Crippen LogP contribution in [0.2, 0.25) is 0 Å². The van der Waals surface area contributed by atoms with E-state index in [0.717, 1.165) is 30.0 Å². The number of imidazole rings is 1. The maximum Gasteiger partial charge on any atom is 0.128 e. The Kier molecular flexibility index (Phi) is 4.36. The van der Waals surface area contributed by atoms with Gasteiger partial charge >= 0.3 is 0 Å². The van der Waals surface area contributed by atoms with Crippen LogP contribution < -0.4 is 5.32 Å². The topological polar surface area (TPSA) is 50.1 Å². The van der Waals surface area contributed by atoms with Crippen molar-refractivity contribution >= 4 is 5.69 Å². The minimum Gasteiger partial charge on any atom is -0.392 e. The van der Waals surface area contributed by atoms with Crippen molar-refractivity contribution in [3.63, 3.8) is 0 Å². The summed E-state index contributed by atoms with van der Waals surface area (Å²) in [5, 5.41) is 12.3. The molecule has 0 aliphatic rings. The molecular formula is C14H19N3O. The molecule has 0 amide bonds. The van der Waals surface area contributed by atoms with Gasteiger partial charge in [-0.3, -0.25) is 0 Å². The van der Waals surface area contributed by atoms with Crippen LogP contribution >= 0.6 is 0 Å². The summed E-state index contributed by atoms with van der Waals surface area (Å²) in [7, 11) is 0. The van der Waals surface area contributed by atoms with Gasteiger partial charge in [0.1, 0.15) is 5.82 Å². The molecule has 0 bridgehead atoms. The zero-order chi connectivity index (χ0) is 12.8. The Balaban J connectivity index is 1.95. The molecule has 1 heterocycles. The third-order valence-electron chi connectivity index (χ3n) is 2.85. The molecule has 0 saturated carbocycles. The highest BCUT2D eigenvalue weighted by Gasteiger charge is 2.01. The monoisotopic (exact) mass is 245 g/mol. The number of aromatic nitrogens is 2. The predicted octanol–water partition coefficient (Wildman–Crippen LogP) is 2.40. The molecule has 4 nitrogen and oxygen atoms in total. The summed E-state index contributed by atoms with van der Waals surface area (Å²) in [5.74, 6) is 1.04. The van der Waals surface area contributed by atoms with Crippen molar-refractivity contribution in [2.45, 2.75) is 33.0 Å². The van der Waals surface area contributed by atoms with Gasteiger partial charge in [0.25, 0.3) is 0 Å². The molecule has 1 aromatic heterocycles. The molecular weight excluding hydrogens is 226 g/mol. The summed E-state index contributed by atoms with van der Waals surface area (Å²) in [5.41, 5.74) is 1.96. The Labute approximate surface area is 107 Å². The van der Waals surface area contributed by atoms with Gasteiger partial charge in [0.2, 0.25) is 0 Å². The van der Waals surface area contributed by atoms with E-state index in [1.165, 1.54) is 0 Å². The Bertz CT molecular complexity index is 476. The number of hydrogen-bond donors (Lipinski definition) is 2. The number of hydrogen-bond acceptors (Lipinski definition) is 3. The fraction of sp³-hybridized carbons (Fsp3) is 0.357. The second-order valence-electron chi connectivity index (χ2n) is 4.25. The van der Waals surface area contributed by atoms with Crippen molar-refractivity contribution in [3.8, 4) is 0 Å². The molecule has 0 atom stereocenters. The van der Waals surface area contributed by atoms with Crippen molar-refractivity contribution in [1.29, 1.82) is 0 Å². The van der Waals surface area contributed by atoms with Crippen LogP contribution in [0.4, 0.5) is 5.69 Å². The predicted molar refractivity (Wildman–Crippen MR) is 72.2 cm³/mol. The van der Waals surface area contributed by atoms with Gasteiger partial charge in [-0.1, -0.05) is 19.1 Å². The highest BCUT2D eigenvalue weighted by Crippen LogP contribution is 2.11. The molecule has 0 aliphatic heterocycles.